The van der Waals surface area contributed by atoms with Crippen LogP contribution < -0.4 is 4.74 Å². The van der Waals surface area contributed by atoms with Crippen LogP contribution in [0.15, 0.2) is 53.4 Å². The van der Waals surface area contributed by atoms with E-state index in [1.54, 1.807) is 19.2 Å². The molecular weight excluding hydrogens is 308 g/mol. The molecule has 1 unspecified atom stereocenters. The van der Waals surface area contributed by atoms with Gasteiger partial charge in [0, 0.05) is 4.90 Å². The maximum absolute atomic E-state index is 11.4. The third-order valence-electron chi connectivity index (χ3n) is 2.93. The molecule has 21 heavy (non-hydrogen) atoms. The lowest BCUT2D eigenvalue weighted by atomic mass is 10.1. The minimum atomic E-state index is -0.837. The summed E-state index contributed by atoms with van der Waals surface area (Å²) in [5.41, 5.74) is 0.872. The van der Waals surface area contributed by atoms with E-state index < -0.39 is 11.2 Å². The molecule has 0 heterocycles. The van der Waals surface area contributed by atoms with Gasteiger partial charge in [0.15, 0.2) is 0 Å². The van der Waals surface area contributed by atoms with Crippen molar-refractivity contribution < 1.29 is 14.6 Å². The molecule has 0 spiro atoms. The summed E-state index contributed by atoms with van der Waals surface area (Å²) >= 11 is 7.41. The van der Waals surface area contributed by atoms with Crippen LogP contribution >= 0.6 is 23.4 Å². The van der Waals surface area contributed by atoms with Gasteiger partial charge in [-0.1, -0.05) is 35.9 Å². The van der Waals surface area contributed by atoms with Gasteiger partial charge < -0.3 is 9.84 Å². The van der Waals surface area contributed by atoms with Crippen molar-refractivity contribution in [1.82, 2.24) is 0 Å². The Morgan fingerprint density at radius 3 is 2.57 bits per heavy atom. The average molecular weight is 323 g/mol. The van der Waals surface area contributed by atoms with Crippen LogP contribution in [0.2, 0.25) is 5.02 Å². The Labute approximate surface area is 132 Å². The molecule has 1 N–H and O–H groups in total. The number of halogens is 1. The van der Waals surface area contributed by atoms with E-state index >= 15 is 0 Å². The Balaban J connectivity index is 2.13. The molecule has 0 saturated heterocycles. The molecule has 2 aromatic rings. The predicted octanol–water partition coefficient (Wildman–Crippen LogP) is 4.14. The Bertz CT molecular complexity index is 616. The summed E-state index contributed by atoms with van der Waals surface area (Å²) in [4.78, 5) is 12.4. The fourth-order valence-electron chi connectivity index (χ4n) is 1.89. The van der Waals surface area contributed by atoms with Crippen LogP contribution in [0.5, 0.6) is 5.75 Å². The predicted molar refractivity (Wildman–Crippen MR) is 85.4 cm³/mol. The van der Waals surface area contributed by atoms with E-state index in [1.165, 1.54) is 11.8 Å². The van der Waals surface area contributed by atoms with Crippen LogP contribution in [-0.2, 0) is 11.2 Å². The number of carboxylic acid groups (broad SMARTS) is 1. The maximum Gasteiger partial charge on any atom is 0.317 e. The van der Waals surface area contributed by atoms with Crippen molar-refractivity contribution in [2.45, 2.75) is 16.6 Å². The number of ether oxygens (including phenoxy) is 1. The molecule has 0 fully saturated rings. The number of benzene rings is 2. The van der Waals surface area contributed by atoms with Crippen LogP contribution in [0, 0.1) is 0 Å². The zero-order valence-corrected chi connectivity index (χ0v) is 13.0. The maximum atomic E-state index is 11.4. The van der Waals surface area contributed by atoms with Crippen LogP contribution in [0.1, 0.15) is 5.56 Å². The van der Waals surface area contributed by atoms with E-state index in [2.05, 4.69) is 0 Å². The lowest BCUT2D eigenvalue weighted by Crippen LogP contribution is -2.19. The standard InChI is InChI=1S/C16H15ClO3S/c1-20-14-8-7-11(9-13(14)17)10-15(16(18)19)21-12-5-3-2-4-6-12/h2-9,15H,10H2,1H3,(H,18,19). The highest BCUT2D eigenvalue weighted by atomic mass is 35.5. The SMILES string of the molecule is COc1ccc(CC(Sc2ccccc2)C(=O)O)cc1Cl. The van der Waals surface area contributed by atoms with Gasteiger partial charge in [-0.15, -0.1) is 11.8 Å². The van der Waals surface area contributed by atoms with Crippen molar-refractivity contribution in [3.05, 3.63) is 59.1 Å². The molecule has 2 rings (SSSR count). The van der Waals surface area contributed by atoms with E-state index in [4.69, 9.17) is 16.3 Å². The van der Waals surface area contributed by atoms with Crippen molar-refractivity contribution in [2.75, 3.05) is 7.11 Å². The summed E-state index contributed by atoms with van der Waals surface area (Å²) in [7, 11) is 1.55. The van der Waals surface area contributed by atoms with Crippen molar-refractivity contribution in [3.8, 4) is 5.75 Å². The number of carboxylic acids is 1. The van der Waals surface area contributed by atoms with Crippen LogP contribution in [-0.4, -0.2) is 23.4 Å². The fraction of sp³-hybridized carbons (Fsp3) is 0.188. The first-order chi connectivity index (χ1) is 10.1. The minimum Gasteiger partial charge on any atom is -0.495 e. The third kappa shape index (κ3) is 4.41. The largest absolute Gasteiger partial charge is 0.495 e. The highest BCUT2D eigenvalue weighted by molar-refractivity contribution is 8.00. The monoisotopic (exact) mass is 322 g/mol. The average Bonchev–Trinajstić information content (AvgIpc) is 2.48. The van der Waals surface area contributed by atoms with Crippen LogP contribution in [0.3, 0.4) is 0 Å². The number of thioether (sulfide) groups is 1. The van der Waals surface area contributed by atoms with Gasteiger partial charge in [0.1, 0.15) is 11.0 Å². The smallest absolute Gasteiger partial charge is 0.317 e. The van der Waals surface area contributed by atoms with E-state index in [-0.39, 0.29) is 0 Å². The topological polar surface area (TPSA) is 46.5 Å². The molecule has 0 saturated carbocycles. The van der Waals surface area contributed by atoms with Crippen molar-refractivity contribution >= 4 is 29.3 Å². The summed E-state index contributed by atoms with van der Waals surface area (Å²) < 4.78 is 5.09. The third-order valence-corrected chi connectivity index (χ3v) is 4.43. The molecule has 3 nitrogen and oxygen atoms in total. The molecule has 0 aromatic heterocycles. The molecule has 110 valence electrons. The Morgan fingerprint density at radius 1 is 1.29 bits per heavy atom. The summed E-state index contributed by atoms with van der Waals surface area (Å²) in [6, 6.07) is 14.8. The highest BCUT2D eigenvalue weighted by Gasteiger charge is 2.20. The zero-order valence-electron chi connectivity index (χ0n) is 11.5. The summed E-state index contributed by atoms with van der Waals surface area (Å²) in [5, 5.41) is 9.32. The van der Waals surface area contributed by atoms with Gasteiger partial charge in [-0.05, 0) is 36.2 Å². The van der Waals surface area contributed by atoms with E-state index in [1.807, 2.05) is 36.4 Å². The summed E-state index contributed by atoms with van der Waals surface area (Å²) in [6.45, 7) is 0. The van der Waals surface area contributed by atoms with E-state index in [0.29, 0.717) is 17.2 Å². The Kier molecular flexibility index (Phi) is 5.53. The van der Waals surface area contributed by atoms with Gasteiger partial charge in [-0.2, -0.15) is 0 Å². The van der Waals surface area contributed by atoms with Crippen molar-refractivity contribution in [3.63, 3.8) is 0 Å². The number of carbonyl (C=O) groups is 1. The fourth-order valence-corrected chi connectivity index (χ4v) is 3.19. The quantitative estimate of drug-likeness (QED) is 0.812. The van der Waals surface area contributed by atoms with Gasteiger partial charge in [-0.3, -0.25) is 4.79 Å². The molecule has 0 aliphatic carbocycles. The normalized spacial score (nSPS) is 11.9. The van der Waals surface area contributed by atoms with Gasteiger partial charge >= 0.3 is 5.97 Å². The molecule has 2 aromatic carbocycles. The van der Waals surface area contributed by atoms with E-state index in [0.717, 1.165) is 10.5 Å². The zero-order chi connectivity index (χ0) is 15.2. The molecule has 5 heteroatoms. The molecule has 1 atom stereocenters. The molecule has 0 amide bonds. The molecule has 0 bridgehead atoms. The molecule has 0 radical (unpaired) electrons. The van der Waals surface area contributed by atoms with Crippen molar-refractivity contribution in [1.29, 1.82) is 0 Å². The lowest BCUT2D eigenvalue weighted by molar-refractivity contribution is -0.136. The van der Waals surface area contributed by atoms with E-state index in [9.17, 15) is 9.90 Å². The molecule has 0 aliphatic rings. The summed E-state index contributed by atoms with van der Waals surface area (Å²) in [6.07, 6.45) is 0.401. The lowest BCUT2D eigenvalue weighted by Gasteiger charge is -2.13. The first-order valence-corrected chi connectivity index (χ1v) is 7.63. The first-order valence-electron chi connectivity index (χ1n) is 6.37. The van der Waals surface area contributed by atoms with Gasteiger partial charge in [-0.25, -0.2) is 0 Å². The molecule has 0 aliphatic heterocycles. The Hall–Kier alpha value is -1.65. The van der Waals surface area contributed by atoms with Crippen LogP contribution in [0.4, 0.5) is 0 Å². The van der Waals surface area contributed by atoms with Gasteiger partial charge in [0.25, 0.3) is 0 Å². The number of methoxy groups -OCH3 is 1. The summed E-state index contributed by atoms with van der Waals surface area (Å²) in [5.74, 6) is -0.251. The molecular formula is C16H15ClO3S. The minimum absolute atomic E-state index is 0.401. The number of hydrogen-bond acceptors (Lipinski definition) is 3. The second-order valence-corrected chi connectivity index (χ2v) is 6.11. The number of rotatable bonds is 6. The highest BCUT2D eigenvalue weighted by Crippen LogP contribution is 2.29. The Morgan fingerprint density at radius 2 is 2.00 bits per heavy atom. The number of hydrogen-bond donors (Lipinski definition) is 1. The van der Waals surface area contributed by atoms with Gasteiger partial charge in [0.2, 0.25) is 0 Å². The first kappa shape index (κ1) is 15.7. The number of aliphatic carboxylic acids is 1. The second kappa shape index (κ2) is 7.38. The van der Waals surface area contributed by atoms with Crippen molar-refractivity contribution in [2.24, 2.45) is 0 Å². The second-order valence-electron chi connectivity index (χ2n) is 4.43. The van der Waals surface area contributed by atoms with Gasteiger partial charge in [0.05, 0.1) is 12.1 Å². The van der Waals surface area contributed by atoms with Crippen LogP contribution in [0.25, 0.3) is 0 Å².